The molecular formula is C26H31ClO11. The number of ether oxygens (including phenoxy) is 6. The smallest absolute Gasteiger partial charge is 0.332 e. The molecule has 11 nitrogen and oxygen atoms in total. The Hall–Kier alpha value is -3.35. The monoisotopic (exact) mass is 554 g/mol. The molecule has 0 saturated carbocycles. The van der Waals surface area contributed by atoms with Crippen molar-refractivity contribution in [1.29, 1.82) is 0 Å². The fraction of sp³-hybridized carbons (Fsp3) is 0.385. The first-order valence-electron chi connectivity index (χ1n) is 11.5. The number of benzene rings is 2. The van der Waals surface area contributed by atoms with Gasteiger partial charge in [0.2, 0.25) is 5.24 Å². The van der Waals surface area contributed by atoms with Crippen molar-refractivity contribution < 1.29 is 52.7 Å². The van der Waals surface area contributed by atoms with E-state index in [0.717, 1.165) is 11.1 Å². The highest BCUT2D eigenvalue weighted by atomic mass is 35.5. The summed E-state index contributed by atoms with van der Waals surface area (Å²) in [5, 5.41) is 7.73. The summed E-state index contributed by atoms with van der Waals surface area (Å²) in [6, 6.07) is 18.7. The number of hydrogen-bond donors (Lipinski definition) is 1. The predicted molar refractivity (Wildman–Crippen MR) is 134 cm³/mol. The molecule has 0 spiro atoms. The van der Waals surface area contributed by atoms with E-state index >= 15 is 0 Å². The molecule has 0 unspecified atom stereocenters. The van der Waals surface area contributed by atoms with Crippen LogP contribution in [0.1, 0.15) is 11.1 Å². The van der Waals surface area contributed by atoms with Crippen molar-refractivity contribution in [2.45, 2.75) is 13.2 Å². The normalized spacial score (nSPS) is 10.1. The van der Waals surface area contributed by atoms with Gasteiger partial charge >= 0.3 is 17.9 Å². The first-order valence-corrected chi connectivity index (χ1v) is 11.8. The van der Waals surface area contributed by atoms with Gasteiger partial charge < -0.3 is 33.5 Å². The summed E-state index contributed by atoms with van der Waals surface area (Å²) in [5.41, 5.74) is 1.82. The molecule has 2 rings (SSSR count). The van der Waals surface area contributed by atoms with Gasteiger partial charge in [0.25, 0.3) is 0 Å². The third kappa shape index (κ3) is 19.8. The molecule has 2 aromatic carbocycles. The van der Waals surface area contributed by atoms with Crippen LogP contribution in [0, 0.1) is 0 Å². The maximum atomic E-state index is 11.3. The molecule has 0 heterocycles. The molecule has 38 heavy (non-hydrogen) atoms. The second-order valence-electron chi connectivity index (χ2n) is 7.25. The average molecular weight is 555 g/mol. The zero-order valence-electron chi connectivity index (χ0n) is 20.8. The Bertz CT molecular complexity index is 861. The third-order valence-corrected chi connectivity index (χ3v) is 4.22. The SMILES string of the molecule is O=C(Cl)COCCOCC(=O)OCc1ccccc1.O=C(O)COCCOCC(=O)OCc1ccccc1. The molecule has 0 bridgehead atoms. The van der Waals surface area contributed by atoms with Crippen molar-refractivity contribution in [2.75, 3.05) is 52.9 Å². The minimum absolute atomic E-state index is 0.123. The van der Waals surface area contributed by atoms with Gasteiger partial charge in [-0.2, -0.15) is 0 Å². The van der Waals surface area contributed by atoms with Crippen molar-refractivity contribution in [3.8, 4) is 0 Å². The molecule has 0 amide bonds. The summed E-state index contributed by atoms with van der Waals surface area (Å²) in [4.78, 5) is 43.0. The molecule has 1 N–H and O–H groups in total. The van der Waals surface area contributed by atoms with Gasteiger partial charge in [0.05, 0.1) is 26.4 Å². The van der Waals surface area contributed by atoms with Gasteiger partial charge in [-0.1, -0.05) is 60.7 Å². The van der Waals surface area contributed by atoms with Crippen LogP contribution >= 0.6 is 11.6 Å². The van der Waals surface area contributed by atoms with Crippen LogP contribution in [-0.4, -0.2) is 81.1 Å². The fourth-order valence-electron chi connectivity index (χ4n) is 2.42. The predicted octanol–water partition coefficient (Wildman–Crippen LogP) is 2.38. The minimum atomic E-state index is -1.04. The summed E-state index contributed by atoms with van der Waals surface area (Å²) in [6.07, 6.45) is 0. The zero-order valence-corrected chi connectivity index (χ0v) is 21.5. The molecule has 0 saturated heterocycles. The Morgan fingerprint density at radius 3 is 1.32 bits per heavy atom. The number of carboxylic acid groups (broad SMARTS) is 1. The number of halogens is 1. The van der Waals surface area contributed by atoms with E-state index in [0.29, 0.717) is 0 Å². The van der Waals surface area contributed by atoms with Gasteiger partial charge in [0, 0.05) is 0 Å². The molecule has 12 heteroatoms. The molecular weight excluding hydrogens is 524 g/mol. The first-order chi connectivity index (χ1) is 18.4. The summed E-state index contributed by atoms with van der Waals surface area (Å²) in [7, 11) is 0. The van der Waals surface area contributed by atoms with Crippen LogP contribution in [0.2, 0.25) is 0 Å². The molecule has 0 aromatic heterocycles. The van der Waals surface area contributed by atoms with Gasteiger partial charge in [0.15, 0.2) is 0 Å². The molecule has 0 aliphatic carbocycles. The lowest BCUT2D eigenvalue weighted by atomic mass is 10.2. The molecule has 208 valence electrons. The van der Waals surface area contributed by atoms with Crippen molar-refractivity contribution in [3.63, 3.8) is 0 Å². The fourth-order valence-corrected chi connectivity index (χ4v) is 2.50. The highest BCUT2D eigenvalue weighted by Gasteiger charge is 2.05. The van der Waals surface area contributed by atoms with Crippen LogP contribution in [0.3, 0.4) is 0 Å². The van der Waals surface area contributed by atoms with Crippen LogP contribution in [0.5, 0.6) is 0 Å². The van der Waals surface area contributed by atoms with Crippen LogP contribution in [0.4, 0.5) is 0 Å². The molecule has 0 aliphatic heterocycles. The van der Waals surface area contributed by atoms with E-state index < -0.39 is 23.2 Å². The minimum Gasteiger partial charge on any atom is -0.480 e. The molecule has 0 fully saturated rings. The van der Waals surface area contributed by atoms with E-state index in [9.17, 15) is 19.2 Å². The van der Waals surface area contributed by atoms with E-state index in [2.05, 4.69) is 0 Å². The Labute approximate surface area is 225 Å². The van der Waals surface area contributed by atoms with E-state index in [1.165, 1.54) is 0 Å². The topological polar surface area (TPSA) is 144 Å². The highest BCUT2D eigenvalue weighted by molar-refractivity contribution is 6.63. The maximum Gasteiger partial charge on any atom is 0.332 e. The molecule has 0 atom stereocenters. The Balaban J connectivity index is 0.000000380. The summed E-state index contributed by atoms with van der Waals surface area (Å²) < 4.78 is 29.5. The van der Waals surface area contributed by atoms with Crippen molar-refractivity contribution in [3.05, 3.63) is 71.8 Å². The molecule has 0 radical (unpaired) electrons. The number of aliphatic carboxylic acids is 1. The van der Waals surface area contributed by atoms with Crippen LogP contribution < -0.4 is 0 Å². The van der Waals surface area contributed by atoms with Gasteiger partial charge in [-0.25, -0.2) is 14.4 Å². The van der Waals surface area contributed by atoms with E-state index in [1.807, 2.05) is 60.7 Å². The Morgan fingerprint density at radius 2 is 0.947 bits per heavy atom. The number of esters is 2. The number of rotatable bonds is 18. The number of hydrogen-bond acceptors (Lipinski definition) is 10. The van der Waals surface area contributed by atoms with Gasteiger partial charge in [-0.05, 0) is 22.7 Å². The Kier molecular flexibility index (Phi) is 18.7. The molecule has 0 aliphatic rings. The van der Waals surface area contributed by atoms with Gasteiger partial charge in [0.1, 0.15) is 39.6 Å². The van der Waals surface area contributed by atoms with Crippen LogP contribution in [-0.2, 0) is 60.8 Å². The molecule has 2 aromatic rings. The van der Waals surface area contributed by atoms with E-state index in [-0.39, 0.29) is 66.1 Å². The largest absolute Gasteiger partial charge is 0.480 e. The lowest BCUT2D eigenvalue weighted by molar-refractivity contribution is -0.152. The standard InChI is InChI=1S/C13H15ClO5.C13H16O6/c2*14-12(15)9-17-6-7-18-10-13(16)19-8-11-4-2-1-3-5-11/h1-5H,6-10H2;1-5H,6-10H2,(H,14,15). The quantitative estimate of drug-likeness (QED) is 0.165. The summed E-state index contributed by atoms with van der Waals surface area (Å²) in [6.45, 7) is 0.235. The van der Waals surface area contributed by atoms with Crippen LogP contribution in [0.15, 0.2) is 60.7 Å². The van der Waals surface area contributed by atoms with Gasteiger partial charge in [-0.3, -0.25) is 4.79 Å². The third-order valence-electron chi connectivity index (χ3n) is 4.11. The van der Waals surface area contributed by atoms with E-state index in [4.69, 9.17) is 45.1 Å². The lowest BCUT2D eigenvalue weighted by Crippen LogP contribution is -2.16. The summed E-state index contributed by atoms with van der Waals surface area (Å²) in [5.74, 6) is -1.96. The zero-order chi connectivity index (χ0) is 27.8. The van der Waals surface area contributed by atoms with Crippen molar-refractivity contribution in [1.82, 2.24) is 0 Å². The average Bonchev–Trinajstić information content (AvgIpc) is 2.91. The maximum absolute atomic E-state index is 11.3. The second kappa shape index (κ2) is 21.7. The number of carbonyl (C=O) groups is 4. The van der Waals surface area contributed by atoms with Crippen molar-refractivity contribution >= 4 is 34.8 Å². The van der Waals surface area contributed by atoms with E-state index in [1.54, 1.807) is 0 Å². The van der Waals surface area contributed by atoms with Gasteiger partial charge in [-0.15, -0.1) is 0 Å². The van der Waals surface area contributed by atoms with Crippen molar-refractivity contribution in [2.24, 2.45) is 0 Å². The summed E-state index contributed by atoms with van der Waals surface area (Å²) >= 11 is 5.06. The number of carboxylic acids is 1. The highest BCUT2D eigenvalue weighted by Crippen LogP contribution is 2.01. The lowest BCUT2D eigenvalue weighted by Gasteiger charge is -2.06. The number of carbonyl (C=O) groups excluding carboxylic acids is 3. The second-order valence-corrected chi connectivity index (χ2v) is 7.67. The first kappa shape index (κ1) is 32.7. The van der Waals surface area contributed by atoms with Crippen LogP contribution in [0.25, 0.3) is 0 Å². The Morgan fingerprint density at radius 1 is 0.579 bits per heavy atom.